The number of anilines is 1. The number of aromatic nitrogens is 4. The molecular weight excluding hydrogens is 448 g/mol. The molecule has 0 atom stereocenters. The zero-order chi connectivity index (χ0) is 24.0. The Bertz CT molecular complexity index is 1440. The van der Waals surface area contributed by atoms with E-state index in [1.165, 1.54) is 17.5 Å². The highest BCUT2D eigenvalue weighted by atomic mass is 32.1. The molecule has 0 aliphatic carbocycles. The van der Waals surface area contributed by atoms with Gasteiger partial charge in [-0.2, -0.15) is 5.10 Å². The maximum Gasteiger partial charge on any atom is 0.291 e. The zero-order valence-corrected chi connectivity index (χ0v) is 20.6. The van der Waals surface area contributed by atoms with E-state index in [1.807, 2.05) is 19.9 Å². The Labute approximate surface area is 201 Å². The molecular formula is C25H28N6O2S. The number of hydrogen-bond acceptors (Lipinski definition) is 6. The Morgan fingerprint density at radius 2 is 1.85 bits per heavy atom. The number of amides is 1. The first-order valence-electron chi connectivity index (χ1n) is 11.5. The van der Waals surface area contributed by atoms with Crippen molar-refractivity contribution in [3.8, 4) is 11.3 Å². The molecule has 5 rings (SSSR count). The monoisotopic (exact) mass is 476 g/mol. The predicted molar refractivity (Wildman–Crippen MR) is 136 cm³/mol. The molecule has 1 amide bonds. The number of benzene rings is 1. The van der Waals surface area contributed by atoms with Crippen molar-refractivity contribution >= 4 is 33.1 Å². The van der Waals surface area contributed by atoms with Crippen molar-refractivity contribution in [3.05, 3.63) is 63.1 Å². The minimum Gasteiger partial charge on any atom is -0.348 e. The van der Waals surface area contributed by atoms with E-state index in [2.05, 4.69) is 27.7 Å². The summed E-state index contributed by atoms with van der Waals surface area (Å²) in [7, 11) is 1.55. The molecule has 3 aromatic heterocycles. The number of hydrogen-bond donors (Lipinski definition) is 1. The lowest BCUT2D eigenvalue weighted by atomic mass is 10.00. The molecule has 0 radical (unpaired) electrons. The van der Waals surface area contributed by atoms with Crippen LogP contribution >= 0.6 is 11.3 Å². The number of aryl methyl sites for hydroxylation is 2. The fourth-order valence-corrected chi connectivity index (χ4v) is 5.43. The van der Waals surface area contributed by atoms with Crippen LogP contribution in [-0.4, -0.2) is 38.4 Å². The molecule has 0 unspecified atom stereocenters. The van der Waals surface area contributed by atoms with E-state index in [0.29, 0.717) is 10.8 Å². The van der Waals surface area contributed by atoms with Gasteiger partial charge in [0.05, 0.1) is 11.1 Å². The summed E-state index contributed by atoms with van der Waals surface area (Å²) < 4.78 is 2.97. The molecule has 4 aromatic rings. The van der Waals surface area contributed by atoms with Crippen molar-refractivity contribution in [2.75, 3.05) is 23.4 Å². The summed E-state index contributed by atoms with van der Waals surface area (Å²) in [4.78, 5) is 32.9. The number of carbonyl (C=O) groups excluding carboxylic acids is 1. The fourth-order valence-electron chi connectivity index (χ4n) is 4.55. The van der Waals surface area contributed by atoms with Crippen LogP contribution in [0.4, 0.5) is 5.13 Å². The number of nitrogens with one attached hydrogen (secondary N) is 1. The SMILES string of the molecule is Cc1cc(-c2csc(N3CCC(C)CC3)n2)c(C)n1NC(=O)c1nn(C)c(=O)c2ccccc12. The van der Waals surface area contributed by atoms with Gasteiger partial charge in [-0.3, -0.25) is 19.7 Å². The molecule has 0 saturated carbocycles. The lowest BCUT2D eigenvalue weighted by Gasteiger charge is -2.29. The second-order valence-corrected chi connectivity index (χ2v) is 9.91. The third kappa shape index (κ3) is 3.90. The number of fused-ring (bicyclic) bond motifs is 1. The van der Waals surface area contributed by atoms with Gasteiger partial charge >= 0.3 is 0 Å². The van der Waals surface area contributed by atoms with Crippen LogP contribution in [0.3, 0.4) is 0 Å². The van der Waals surface area contributed by atoms with Gasteiger partial charge in [0.25, 0.3) is 11.5 Å². The predicted octanol–water partition coefficient (Wildman–Crippen LogP) is 4.10. The summed E-state index contributed by atoms with van der Waals surface area (Å²) in [5.74, 6) is 0.401. The first kappa shape index (κ1) is 22.3. The van der Waals surface area contributed by atoms with Crippen LogP contribution in [0.1, 0.15) is 41.6 Å². The molecule has 4 heterocycles. The zero-order valence-electron chi connectivity index (χ0n) is 19.8. The Balaban J connectivity index is 1.44. The molecule has 34 heavy (non-hydrogen) atoms. The van der Waals surface area contributed by atoms with Gasteiger partial charge in [0.15, 0.2) is 10.8 Å². The van der Waals surface area contributed by atoms with Crippen molar-refractivity contribution in [3.63, 3.8) is 0 Å². The van der Waals surface area contributed by atoms with Gasteiger partial charge in [0.1, 0.15) is 0 Å². The number of rotatable bonds is 4. The number of carbonyl (C=O) groups is 1. The van der Waals surface area contributed by atoms with Gasteiger partial charge < -0.3 is 4.90 Å². The second-order valence-electron chi connectivity index (χ2n) is 9.07. The molecule has 0 bridgehead atoms. The van der Waals surface area contributed by atoms with E-state index >= 15 is 0 Å². The number of piperidine rings is 1. The standard InChI is InChI=1S/C25H28N6O2S/c1-15-9-11-30(12-10-15)25-26-21(14-34-25)20-13-16(2)31(17(20)3)28-23(32)22-18-7-5-6-8-19(18)24(33)29(4)27-22/h5-8,13-15H,9-12H2,1-4H3,(H,28,32). The van der Waals surface area contributed by atoms with E-state index in [9.17, 15) is 9.59 Å². The van der Waals surface area contributed by atoms with E-state index in [-0.39, 0.29) is 17.2 Å². The Kier molecular flexibility index (Phi) is 5.73. The van der Waals surface area contributed by atoms with Crippen molar-refractivity contribution in [1.82, 2.24) is 19.4 Å². The fraction of sp³-hybridized carbons (Fsp3) is 0.360. The van der Waals surface area contributed by atoms with Crippen molar-refractivity contribution < 1.29 is 4.79 Å². The van der Waals surface area contributed by atoms with Crippen LogP contribution in [0.5, 0.6) is 0 Å². The Hall–Kier alpha value is -3.46. The smallest absolute Gasteiger partial charge is 0.291 e. The largest absolute Gasteiger partial charge is 0.348 e. The van der Waals surface area contributed by atoms with Gasteiger partial charge in [0, 0.05) is 47.9 Å². The maximum absolute atomic E-state index is 13.2. The van der Waals surface area contributed by atoms with E-state index < -0.39 is 0 Å². The van der Waals surface area contributed by atoms with Crippen LogP contribution in [0, 0.1) is 19.8 Å². The molecule has 8 nitrogen and oxygen atoms in total. The Morgan fingerprint density at radius 1 is 1.15 bits per heavy atom. The van der Waals surface area contributed by atoms with Crippen LogP contribution < -0.4 is 15.9 Å². The van der Waals surface area contributed by atoms with Crippen molar-refractivity contribution in [1.29, 1.82) is 0 Å². The van der Waals surface area contributed by atoms with Gasteiger partial charge in [-0.15, -0.1) is 11.3 Å². The van der Waals surface area contributed by atoms with Crippen LogP contribution in [0.2, 0.25) is 0 Å². The summed E-state index contributed by atoms with van der Waals surface area (Å²) in [5, 5.41) is 8.38. The highest BCUT2D eigenvalue weighted by Crippen LogP contribution is 2.32. The third-order valence-electron chi connectivity index (χ3n) is 6.64. The average Bonchev–Trinajstić information content (AvgIpc) is 3.42. The second kappa shape index (κ2) is 8.72. The highest BCUT2D eigenvalue weighted by Gasteiger charge is 2.22. The van der Waals surface area contributed by atoms with Gasteiger partial charge in [-0.25, -0.2) is 9.67 Å². The molecule has 1 fully saturated rings. The third-order valence-corrected chi connectivity index (χ3v) is 7.54. The van der Waals surface area contributed by atoms with E-state index in [0.717, 1.165) is 46.8 Å². The summed E-state index contributed by atoms with van der Waals surface area (Å²) in [6.07, 6.45) is 2.40. The summed E-state index contributed by atoms with van der Waals surface area (Å²) in [6.45, 7) is 8.31. The first-order valence-corrected chi connectivity index (χ1v) is 12.4. The molecule has 1 aromatic carbocycles. The lowest BCUT2D eigenvalue weighted by molar-refractivity contribution is 0.100. The van der Waals surface area contributed by atoms with Crippen molar-refractivity contribution in [2.45, 2.75) is 33.6 Å². The summed E-state index contributed by atoms with van der Waals surface area (Å²) in [5.41, 5.74) is 6.63. The van der Waals surface area contributed by atoms with E-state index in [4.69, 9.17) is 4.98 Å². The first-order chi connectivity index (χ1) is 16.3. The summed E-state index contributed by atoms with van der Waals surface area (Å²) in [6, 6.07) is 9.08. The number of nitrogens with zero attached hydrogens (tertiary/aromatic N) is 5. The topological polar surface area (TPSA) is 85.1 Å². The van der Waals surface area contributed by atoms with Crippen molar-refractivity contribution in [2.24, 2.45) is 13.0 Å². The number of thiazole rings is 1. The Morgan fingerprint density at radius 3 is 2.59 bits per heavy atom. The van der Waals surface area contributed by atoms with Gasteiger partial charge in [0.2, 0.25) is 0 Å². The molecule has 1 aliphatic heterocycles. The van der Waals surface area contributed by atoms with Crippen LogP contribution in [0.25, 0.3) is 22.0 Å². The summed E-state index contributed by atoms with van der Waals surface area (Å²) >= 11 is 1.67. The molecule has 176 valence electrons. The van der Waals surface area contributed by atoms with Gasteiger partial charge in [-0.05, 0) is 44.7 Å². The molecule has 9 heteroatoms. The van der Waals surface area contributed by atoms with Crippen LogP contribution in [-0.2, 0) is 7.05 Å². The van der Waals surface area contributed by atoms with E-state index in [1.54, 1.807) is 47.3 Å². The quantitative estimate of drug-likeness (QED) is 0.479. The average molecular weight is 477 g/mol. The maximum atomic E-state index is 13.2. The van der Waals surface area contributed by atoms with Gasteiger partial charge in [-0.1, -0.05) is 25.1 Å². The molecule has 1 aliphatic rings. The molecule has 1 saturated heterocycles. The van der Waals surface area contributed by atoms with Crippen LogP contribution in [0.15, 0.2) is 40.5 Å². The normalized spacial score (nSPS) is 14.6. The highest BCUT2D eigenvalue weighted by molar-refractivity contribution is 7.14. The molecule has 1 N–H and O–H groups in total. The lowest BCUT2D eigenvalue weighted by Crippen LogP contribution is -2.32. The minimum atomic E-state index is -0.374. The molecule has 0 spiro atoms. The minimum absolute atomic E-state index is 0.210.